The number of anilines is 1. The number of rotatable bonds is 7. The Balaban J connectivity index is 1.60. The zero-order valence-corrected chi connectivity index (χ0v) is 14.9. The highest BCUT2D eigenvalue weighted by molar-refractivity contribution is 6.30. The van der Waals surface area contributed by atoms with Gasteiger partial charge in [0, 0.05) is 17.1 Å². The Bertz CT molecular complexity index is 598. The fraction of sp³-hybridized carbons (Fsp3) is 0.500. The second kappa shape index (κ2) is 10.0. The summed E-state index contributed by atoms with van der Waals surface area (Å²) in [4.78, 5) is 35.3. The van der Waals surface area contributed by atoms with Gasteiger partial charge < -0.3 is 16.0 Å². The Morgan fingerprint density at radius 2 is 1.48 bits per heavy atom. The van der Waals surface area contributed by atoms with Crippen LogP contribution in [0.15, 0.2) is 24.3 Å². The molecule has 1 aromatic carbocycles. The van der Waals surface area contributed by atoms with Crippen LogP contribution in [0.1, 0.15) is 38.5 Å². The van der Waals surface area contributed by atoms with Crippen LogP contribution in [-0.4, -0.2) is 30.8 Å². The van der Waals surface area contributed by atoms with Crippen LogP contribution in [0, 0.1) is 5.92 Å². The Morgan fingerprint density at radius 1 is 0.880 bits per heavy atom. The highest BCUT2D eigenvalue weighted by atomic mass is 35.5. The van der Waals surface area contributed by atoms with E-state index in [0.717, 1.165) is 12.8 Å². The molecule has 0 radical (unpaired) electrons. The third kappa shape index (κ3) is 7.56. The van der Waals surface area contributed by atoms with E-state index in [9.17, 15) is 14.4 Å². The molecular formula is C18H24ClN3O3. The number of benzene rings is 1. The summed E-state index contributed by atoms with van der Waals surface area (Å²) in [6.07, 6.45) is 6.26. The minimum atomic E-state index is -0.386. The van der Waals surface area contributed by atoms with Gasteiger partial charge in [-0.3, -0.25) is 14.4 Å². The molecule has 0 spiro atoms. The standard InChI is InChI=1S/C18H24ClN3O3/c19-14-6-8-15(9-7-14)22-18(25)12-21-17(24)11-20-16(23)10-13-4-2-1-3-5-13/h6-9,13H,1-5,10-12H2,(H,20,23)(H,21,24)(H,22,25). The SMILES string of the molecule is O=C(CNC(=O)CC1CCCCC1)NCC(=O)Nc1ccc(Cl)cc1. The van der Waals surface area contributed by atoms with E-state index in [-0.39, 0.29) is 30.8 Å². The second-order valence-corrected chi connectivity index (χ2v) is 6.75. The van der Waals surface area contributed by atoms with Crippen LogP contribution in [0.4, 0.5) is 5.69 Å². The monoisotopic (exact) mass is 365 g/mol. The third-order valence-electron chi connectivity index (χ3n) is 4.22. The van der Waals surface area contributed by atoms with Crippen molar-refractivity contribution in [1.82, 2.24) is 10.6 Å². The van der Waals surface area contributed by atoms with E-state index >= 15 is 0 Å². The fourth-order valence-corrected chi connectivity index (χ4v) is 3.01. The van der Waals surface area contributed by atoms with Crippen molar-refractivity contribution in [2.75, 3.05) is 18.4 Å². The molecule has 1 aliphatic rings. The minimum absolute atomic E-state index is 0.104. The molecule has 0 aliphatic heterocycles. The summed E-state index contributed by atoms with van der Waals surface area (Å²) in [5.41, 5.74) is 0.601. The minimum Gasteiger partial charge on any atom is -0.347 e. The van der Waals surface area contributed by atoms with Crippen LogP contribution in [0.25, 0.3) is 0 Å². The number of hydrogen-bond acceptors (Lipinski definition) is 3. The van der Waals surface area contributed by atoms with Gasteiger partial charge in [0.1, 0.15) is 0 Å². The first kappa shape index (κ1) is 19.2. The van der Waals surface area contributed by atoms with Crippen LogP contribution < -0.4 is 16.0 Å². The first-order chi connectivity index (χ1) is 12.0. The van der Waals surface area contributed by atoms with Crippen LogP contribution in [0.5, 0.6) is 0 Å². The molecule has 1 fully saturated rings. The summed E-state index contributed by atoms with van der Waals surface area (Å²) in [6.45, 7) is -0.264. The molecule has 0 saturated heterocycles. The number of amides is 3. The topological polar surface area (TPSA) is 87.3 Å². The van der Waals surface area contributed by atoms with Crippen LogP contribution in [0.2, 0.25) is 5.02 Å². The van der Waals surface area contributed by atoms with Gasteiger partial charge in [-0.15, -0.1) is 0 Å². The first-order valence-electron chi connectivity index (χ1n) is 8.62. The van der Waals surface area contributed by atoms with Crippen LogP contribution in [-0.2, 0) is 14.4 Å². The Hall–Kier alpha value is -2.08. The maximum atomic E-state index is 11.8. The van der Waals surface area contributed by atoms with E-state index < -0.39 is 0 Å². The van der Waals surface area contributed by atoms with Crippen LogP contribution >= 0.6 is 11.6 Å². The van der Waals surface area contributed by atoms with Gasteiger partial charge in [0.25, 0.3) is 0 Å². The second-order valence-electron chi connectivity index (χ2n) is 6.32. The lowest BCUT2D eigenvalue weighted by atomic mass is 9.87. The number of hydrogen-bond donors (Lipinski definition) is 3. The Kier molecular flexibility index (Phi) is 7.73. The van der Waals surface area contributed by atoms with Gasteiger partial charge in [0.05, 0.1) is 13.1 Å². The van der Waals surface area contributed by atoms with Gasteiger partial charge in [-0.05, 0) is 43.0 Å². The maximum Gasteiger partial charge on any atom is 0.243 e. The number of carbonyl (C=O) groups is 3. The molecule has 25 heavy (non-hydrogen) atoms. The zero-order chi connectivity index (χ0) is 18.1. The summed E-state index contributed by atoms with van der Waals surface area (Å²) in [5, 5.41) is 8.32. The molecule has 2 rings (SSSR count). The predicted octanol–water partition coefficient (Wildman–Crippen LogP) is 2.48. The first-order valence-corrected chi connectivity index (χ1v) is 8.99. The normalized spacial score (nSPS) is 14.6. The van der Waals surface area contributed by atoms with E-state index in [1.54, 1.807) is 24.3 Å². The zero-order valence-electron chi connectivity index (χ0n) is 14.1. The summed E-state index contributed by atoms with van der Waals surface area (Å²) >= 11 is 5.77. The van der Waals surface area contributed by atoms with E-state index in [0.29, 0.717) is 23.0 Å². The smallest absolute Gasteiger partial charge is 0.243 e. The quantitative estimate of drug-likeness (QED) is 0.693. The van der Waals surface area contributed by atoms with Crippen molar-refractivity contribution in [3.05, 3.63) is 29.3 Å². The molecule has 0 bridgehead atoms. The molecule has 1 saturated carbocycles. The van der Waals surface area contributed by atoms with Crippen molar-refractivity contribution >= 4 is 35.0 Å². The maximum absolute atomic E-state index is 11.8. The van der Waals surface area contributed by atoms with Crippen molar-refractivity contribution in [3.8, 4) is 0 Å². The van der Waals surface area contributed by atoms with Gasteiger partial charge >= 0.3 is 0 Å². The molecule has 3 amide bonds. The number of carbonyl (C=O) groups excluding carboxylic acids is 3. The molecule has 6 nitrogen and oxygen atoms in total. The molecule has 0 unspecified atom stereocenters. The summed E-state index contributed by atoms with van der Waals surface area (Å²) < 4.78 is 0. The molecular weight excluding hydrogens is 342 g/mol. The predicted molar refractivity (Wildman–Crippen MR) is 97.3 cm³/mol. The third-order valence-corrected chi connectivity index (χ3v) is 4.47. The van der Waals surface area contributed by atoms with E-state index in [1.165, 1.54) is 19.3 Å². The lowest BCUT2D eigenvalue weighted by molar-refractivity contribution is -0.127. The Morgan fingerprint density at radius 3 is 2.16 bits per heavy atom. The molecule has 0 atom stereocenters. The fourth-order valence-electron chi connectivity index (χ4n) is 2.88. The summed E-state index contributed by atoms with van der Waals surface area (Å²) in [5.74, 6) is -0.401. The van der Waals surface area contributed by atoms with Gasteiger partial charge in [-0.25, -0.2) is 0 Å². The van der Waals surface area contributed by atoms with E-state index in [1.807, 2.05) is 0 Å². The van der Waals surface area contributed by atoms with Crippen molar-refractivity contribution in [2.24, 2.45) is 5.92 Å². The molecule has 7 heteroatoms. The average molecular weight is 366 g/mol. The highest BCUT2D eigenvalue weighted by Crippen LogP contribution is 2.25. The van der Waals surface area contributed by atoms with Crippen molar-refractivity contribution in [1.29, 1.82) is 0 Å². The summed E-state index contributed by atoms with van der Waals surface area (Å²) in [7, 11) is 0. The van der Waals surface area contributed by atoms with Crippen molar-refractivity contribution < 1.29 is 14.4 Å². The molecule has 0 heterocycles. The Labute approximate surface area is 152 Å². The average Bonchev–Trinajstić information content (AvgIpc) is 2.61. The lowest BCUT2D eigenvalue weighted by Crippen LogP contribution is -2.40. The lowest BCUT2D eigenvalue weighted by Gasteiger charge is -2.20. The summed E-state index contributed by atoms with van der Waals surface area (Å²) in [6, 6.07) is 6.68. The van der Waals surface area contributed by atoms with Gasteiger partial charge in [-0.2, -0.15) is 0 Å². The molecule has 1 aromatic rings. The number of halogens is 1. The van der Waals surface area contributed by atoms with Gasteiger partial charge in [-0.1, -0.05) is 30.9 Å². The van der Waals surface area contributed by atoms with Crippen molar-refractivity contribution in [3.63, 3.8) is 0 Å². The molecule has 0 aromatic heterocycles. The van der Waals surface area contributed by atoms with Gasteiger partial charge in [0.2, 0.25) is 17.7 Å². The van der Waals surface area contributed by atoms with Crippen LogP contribution in [0.3, 0.4) is 0 Å². The van der Waals surface area contributed by atoms with E-state index in [4.69, 9.17) is 11.6 Å². The largest absolute Gasteiger partial charge is 0.347 e. The van der Waals surface area contributed by atoms with Gasteiger partial charge in [0.15, 0.2) is 0 Å². The number of nitrogens with one attached hydrogen (secondary N) is 3. The highest BCUT2D eigenvalue weighted by Gasteiger charge is 2.17. The molecule has 136 valence electrons. The molecule has 1 aliphatic carbocycles. The van der Waals surface area contributed by atoms with Crippen molar-refractivity contribution in [2.45, 2.75) is 38.5 Å². The van der Waals surface area contributed by atoms with E-state index in [2.05, 4.69) is 16.0 Å². The molecule has 3 N–H and O–H groups in total.